The minimum Gasteiger partial charge on any atom is -0.273 e. The number of aromatic nitrogens is 2. The third kappa shape index (κ3) is 4.42. The fourth-order valence-electron chi connectivity index (χ4n) is 2.69. The molecule has 0 unspecified atom stereocenters. The number of benzene rings is 2. The van der Waals surface area contributed by atoms with Crippen LogP contribution in [0.1, 0.15) is 21.6 Å². The van der Waals surface area contributed by atoms with E-state index in [1.165, 1.54) is 19.2 Å². The number of carbonyl (C=O) groups excluding carboxylic acids is 2. The monoisotopic (exact) mass is 404 g/mol. The van der Waals surface area contributed by atoms with E-state index >= 15 is 0 Å². The fourth-order valence-corrected chi connectivity index (χ4v) is 2.69. The van der Waals surface area contributed by atoms with Gasteiger partial charge in [0.15, 0.2) is 5.69 Å². The maximum Gasteiger partial charge on any atom is 0.416 e. The van der Waals surface area contributed by atoms with Gasteiger partial charge in [0.25, 0.3) is 11.5 Å². The van der Waals surface area contributed by atoms with E-state index < -0.39 is 23.6 Å². The van der Waals surface area contributed by atoms with Crippen LogP contribution in [0, 0.1) is 0 Å². The highest BCUT2D eigenvalue weighted by Gasteiger charge is 2.30. The van der Waals surface area contributed by atoms with Crippen LogP contribution < -0.4 is 16.4 Å². The third-order valence-electron chi connectivity index (χ3n) is 4.13. The molecule has 2 N–H and O–H groups in total. The Morgan fingerprint density at radius 1 is 1.00 bits per heavy atom. The second kappa shape index (κ2) is 7.74. The zero-order valence-electron chi connectivity index (χ0n) is 15.1. The van der Waals surface area contributed by atoms with Crippen LogP contribution in [0.15, 0.2) is 53.3 Å². The van der Waals surface area contributed by atoms with Crippen molar-refractivity contribution in [2.45, 2.75) is 12.6 Å². The van der Waals surface area contributed by atoms with Crippen molar-refractivity contribution in [2.75, 3.05) is 0 Å². The predicted octanol–water partition coefficient (Wildman–Crippen LogP) is 1.96. The maximum absolute atomic E-state index is 12.6. The fraction of sp³-hybridized carbons (Fsp3) is 0.158. The summed E-state index contributed by atoms with van der Waals surface area (Å²) in [4.78, 5) is 36.5. The van der Waals surface area contributed by atoms with E-state index in [4.69, 9.17) is 0 Å². The molecule has 0 aliphatic carbocycles. The molecule has 150 valence electrons. The first-order valence-corrected chi connectivity index (χ1v) is 8.38. The summed E-state index contributed by atoms with van der Waals surface area (Å²) in [6, 6.07) is 10.5. The van der Waals surface area contributed by atoms with Crippen LogP contribution in [0.25, 0.3) is 10.8 Å². The second-order valence-electron chi connectivity index (χ2n) is 6.20. The van der Waals surface area contributed by atoms with Gasteiger partial charge in [0, 0.05) is 12.4 Å². The number of carbonyl (C=O) groups is 2. The zero-order chi connectivity index (χ0) is 21.2. The molecule has 7 nitrogen and oxygen atoms in total. The quantitative estimate of drug-likeness (QED) is 0.653. The van der Waals surface area contributed by atoms with Crippen LogP contribution in [0.3, 0.4) is 0 Å². The minimum absolute atomic E-state index is 0.0578. The summed E-state index contributed by atoms with van der Waals surface area (Å²) >= 11 is 0. The number of amides is 2. The van der Waals surface area contributed by atoms with Crippen LogP contribution in [0.4, 0.5) is 13.2 Å². The first-order chi connectivity index (χ1) is 13.7. The van der Waals surface area contributed by atoms with E-state index in [2.05, 4.69) is 16.0 Å². The van der Waals surface area contributed by atoms with Gasteiger partial charge in [-0.3, -0.25) is 25.2 Å². The largest absolute Gasteiger partial charge is 0.416 e. The van der Waals surface area contributed by atoms with Crippen LogP contribution >= 0.6 is 0 Å². The van der Waals surface area contributed by atoms with Crippen molar-refractivity contribution in [1.29, 1.82) is 0 Å². The van der Waals surface area contributed by atoms with Gasteiger partial charge in [0.1, 0.15) is 0 Å². The van der Waals surface area contributed by atoms with E-state index in [1.807, 2.05) is 0 Å². The first-order valence-electron chi connectivity index (χ1n) is 8.38. The van der Waals surface area contributed by atoms with Gasteiger partial charge in [-0.25, -0.2) is 4.68 Å². The number of hydrogen-bond acceptors (Lipinski definition) is 4. The molecule has 0 spiro atoms. The molecule has 2 amide bonds. The number of alkyl halides is 3. The molecule has 0 saturated heterocycles. The highest BCUT2D eigenvalue weighted by atomic mass is 19.4. The molecule has 1 heterocycles. The molecule has 0 bridgehead atoms. The molecule has 0 atom stereocenters. The number of aryl methyl sites for hydroxylation is 1. The van der Waals surface area contributed by atoms with E-state index in [1.54, 1.807) is 24.3 Å². The summed E-state index contributed by atoms with van der Waals surface area (Å²) in [5.41, 5.74) is 3.48. The lowest BCUT2D eigenvalue weighted by Crippen LogP contribution is -2.43. The number of nitrogens with one attached hydrogen (secondary N) is 2. The number of rotatable bonds is 3. The standard InChI is InChI=1S/C19H15F3N4O3/c1-26-18(29)14-5-3-2-4-13(14)16(25-26)17(28)24-23-15(27)10-11-6-8-12(9-7-11)19(20,21)22/h2-9H,10H2,1H3,(H,23,27)(H,24,28). The summed E-state index contributed by atoms with van der Waals surface area (Å²) in [7, 11) is 1.40. The summed E-state index contributed by atoms with van der Waals surface area (Å²) in [6.45, 7) is 0. The van der Waals surface area contributed by atoms with Crippen LogP contribution in [0.5, 0.6) is 0 Å². The molecule has 0 aliphatic rings. The Balaban J connectivity index is 1.68. The van der Waals surface area contributed by atoms with Gasteiger partial charge < -0.3 is 0 Å². The van der Waals surface area contributed by atoms with Gasteiger partial charge in [0.2, 0.25) is 5.91 Å². The summed E-state index contributed by atoms with van der Waals surface area (Å²) < 4.78 is 38.7. The minimum atomic E-state index is -4.46. The van der Waals surface area contributed by atoms with Gasteiger partial charge in [-0.1, -0.05) is 30.3 Å². The smallest absolute Gasteiger partial charge is 0.273 e. The van der Waals surface area contributed by atoms with Crippen molar-refractivity contribution in [3.8, 4) is 0 Å². The molecule has 3 aromatic rings. The van der Waals surface area contributed by atoms with Gasteiger partial charge in [-0.05, 0) is 23.8 Å². The zero-order valence-corrected chi connectivity index (χ0v) is 15.1. The lowest BCUT2D eigenvalue weighted by Gasteiger charge is -2.10. The van der Waals surface area contributed by atoms with Crippen LogP contribution in [-0.2, 0) is 24.4 Å². The Labute approximate surface area is 162 Å². The molecule has 2 aromatic carbocycles. The van der Waals surface area contributed by atoms with Crippen molar-refractivity contribution in [3.05, 3.63) is 75.7 Å². The Kier molecular flexibility index (Phi) is 5.35. The van der Waals surface area contributed by atoms with Gasteiger partial charge in [-0.2, -0.15) is 18.3 Å². The molecule has 0 aliphatic heterocycles. The molecule has 0 saturated carbocycles. The summed E-state index contributed by atoms with van der Waals surface area (Å²) in [6.07, 6.45) is -4.69. The number of nitrogens with zero attached hydrogens (tertiary/aromatic N) is 2. The predicted molar refractivity (Wildman–Crippen MR) is 97.7 cm³/mol. The average molecular weight is 404 g/mol. The highest BCUT2D eigenvalue weighted by molar-refractivity contribution is 6.05. The highest BCUT2D eigenvalue weighted by Crippen LogP contribution is 2.29. The Morgan fingerprint density at radius 3 is 2.24 bits per heavy atom. The molecular weight excluding hydrogens is 389 g/mol. The lowest BCUT2D eigenvalue weighted by atomic mass is 10.1. The van der Waals surface area contributed by atoms with Crippen molar-refractivity contribution in [1.82, 2.24) is 20.6 Å². The van der Waals surface area contributed by atoms with E-state index in [0.717, 1.165) is 16.8 Å². The summed E-state index contributed by atoms with van der Waals surface area (Å²) in [5.74, 6) is -1.37. The molecule has 3 rings (SSSR count). The van der Waals surface area contributed by atoms with Gasteiger partial charge in [-0.15, -0.1) is 0 Å². The van der Waals surface area contributed by atoms with Crippen LogP contribution in [-0.4, -0.2) is 21.6 Å². The van der Waals surface area contributed by atoms with Crippen molar-refractivity contribution >= 4 is 22.6 Å². The van der Waals surface area contributed by atoms with Crippen LogP contribution in [0.2, 0.25) is 0 Å². The normalized spacial score (nSPS) is 11.3. The van der Waals surface area contributed by atoms with Crippen molar-refractivity contribution in [3.63, 3.8) is 0 Å². The second-order valence-corrected chi connectivity index (χ2v) is 6.20. The number of fused-ring (bicyclic) bond motifs is 1. The lowest BCUT2D eigenvalue weighted by molar-refractivity contribution is -0.137. The molecular formula is C19H15F3N4O3. The summed E-state index contributed by atoms with van der Waals surface area (Å²) in [5, 5.41) is 4.55. The third-order valence-corrected chi connectivity index (χ3v) is 4.13. The maximum atomic E-state index is 12.6. The Hall–Kier alpha value is -3.69. The molecule has 1 aromatic heterocycles. The average Bonchev–Trinajstić information content (AvgIpc) is 2.68. The van der Waals surface area contributed by atoms with Gasteiger partial charge >= 0.3 is 6.18 Å². The van der Waals surface area contributed by atoms with E-state index in [-0.39, 0.29) is 17.7 Å². The van der Waals surface area contributed by atoms with E-state index in [0.29, 0.717) is 16.3 Å². The number of hydrogen-bond donors (Lipinski definition) is 2. The van der Waals surface area contributed by atoms with Gasteiger partial charge in [0.05, 0.1) is 17.4 Å². The molecule has 10 heteroatoms. The molecule has 29 heavy (non-hydrogen) atoms. The van der Waals surface area contributed by atoms with Crippen molar-refractivity contribution < 1.29 is 22.8 Å². The Bertz CT molecular complexity index is 1140. The number of halogens is 3. The molecule has 0 radical (unpaired) electrons. The van der Waals surface area contributed by atoms with Crippen molar-refractivity contribution in [2.24, 2.45) is 7.05 Å². The Morgan fingerprint density at radius 2 is 1.62 bits per heavy atom. The molecule has 0 fully saturated rings. The SMILES string of the molecule is Cn1nc(C(=O)NNC(=O)Cc2ccc(C(F)(F)F)cc2)c2ccccc2c1=O. The topological polar surface area (TPSA) is 93.1 Å². The first kappa shape index (κ1) is 20.1. The van der Waals surface area contributed by atoms with E-state index in [9.17, 15) is 27.6 Å². The number of hydrazine groups is 1.